The highest BCUT2D eigenvalue weighted by Gasteiger charge is 2.23. The Morgan fingerprint density at radius 2 is 1.81 bits per heavy atom. The Bertz CT molecular complexity index is 1340. The van der Waals surface area contributed by atoms with Gasteiger partial charge >= 0.3 is 0 Å². The van der Waals surface area contributed by atoms with Crippen LogP contribution >= 0.6 is 22.6 Å². The molecular formula is C23H23IN2O4S. The van der Waals surface area contributed by atoms with Gasteiger partial charge in [0.2, 0.25) is 0 Å². The van der Waals surface area contributed by atoms with Gasteiger partial charge in [-0.05, 0) is 37.3 Å². The molecule has 0 aliphatic heterocycles. The normalized spacial score (nSPS) is 11.7. The van der Waals surface area contributed by atoms with Crippen LogP contribution < -0.4 is 9.47 Å². The molecule has 2 heterocycles. The Kier molecular flexibility index (Phi) is 6.02. The number of nitrogens with zero attached hydrogens (tertiary/aromatic N) is 2. The van der Waals surface area contributed by atoms with Gasteiger partial charge in [0.15, 0.2) is 11.5 Å². The maximum atomic E-state index is 13.3. The lowest BCUT2D eigenvalue weighted by Gasteiger charge is -2.12. The second kappa shape index (κ2) is 8.58. The number of rotatable bonds is 7. The summed E-state index contributed by atoms with van der Waals surface area (Å²) in [5.74, 6) is 1.28. The van der Waals surface area contributed by atoms with Crippen molar-refractivity contribution in [3.63, 3.8) is 0 Å². The minimum Gasteiger partial charge on any atom is -0.493 e. The quantitative estimate of drug-likeness (QED) is 0.240. The Morgan fingerprint density at radius 1 is 1.06 bits per heavy atom. The van der Waals surface area contributed by atoms with E-state index in [0.717, 1.165) is 26.5 Å². The van der Waals surface area contributed by atoms with Crippen LogP contribution in [0.3, 0.4) is 0 Å². The molecule has 2 aromatic carbocycles. The number of aryl methyl sites for hydroxylation is 2. The predicted octanol–water partition coefficient (Wildman–Crippen LogP) is 5.01. The van der Waals surface area contributed by atoms with Crippen molar-refractivity contribution in [1.29, 1.82) is 0 Å². The fourth-order valence-electron chi connectivity index (χ4n) is 3.62. The van der Waals surface area contributed by atoms with E-state index in [1.807, 2.05) is 42.9 Å². The van der Waals surface area contributed by atoms with Crippen molar-refractivity contribution in [2.75, 3.05) is 18.1 Å². The summed E-state index contributed by atoms with van der Waals surface area (Å²) in [6.45, 7) is 2.51. The first-order valence-corrected chi connectivity index (χ1v) is 12.7. The van der Waals surface area contributed by atoms with Crippen molar-refractivity contribution in [2.24, 2.45) is 7.05 Å². The smallest absolute Gasteiger partial charge is 0.268 e. The zero-order valence-corrected chi connectivity index (χ0v) is 20.5. The SMILES string of the molecule is COc1cc2c(-c3cccn3S(=O)(=O)c3ccc(C)cc3)cn(C)c2cc1OCCI. The van der Waals surface area contributed by atoms with E-state index in [2.05, 4.69) is 22.6 Å². The fourth-order valence-corrected chi connectivity index (χ4v) is 5.20. The molecule has 0 atom stereocenters. The van der Waals surface area contributed by atoms with Crippen LogP contribution in [0.25, 0.3) is 22.2 Å². The van der Waals surface area contributed by atoms with Crippen LogP contribution in [0.1, 0.15) is 5.56 Å². The van der Waals surface area contributed by atoms with Gasteiger partial charge in [0.05, 0.1) is 29.8 Å². The first-order valence-electron chi connectivity index (χ1n) is 9.72. The van der Waals surface area contributed by atoms with Gasteiger partial charge in [0, 0.05) is 40.9 Å². The molecule has 0 unspecified atom stereocenters. The molecule has 0 aliphatic carbocycles. The third-order valence-corrected chi connectivity index (χ3v) is 7.32. The molecule has 0 N–H and O–H groups in total. The van der Waals surface area contributed by atoms with Gasteiger partial charge in [0.25, 0.3) is 10.0 Å². The minimum absolute atomic E-state index is 0.253. The van der Waals surface area contributed by atoms with Crippen molar-refractivity contribution in [3.05, 3.63) is 66.5 Å². The fraction of sp³-hybridized carbons (Fsp3) is 0.217. The molecule has 4 aromatic rings. The van der Waals surface area contributed by atoms with Gasteiger partial charge in [-0.2, -0.15) is 0 Å². The molecular weight excluding hydrogens is 527 g/mol. The molecule has 162 valence electrons. The topological polar surface area (TPSA) is 62.5 Å². The molecule has 0 fully saturated rings. The van der Waals surface area contributed by atoms with E-state index < -0.39 is 10.0 Å². The second-order valence-electron chi connectivity index (χ2n) is 7.22. The van der Waals surface area contributed by atoms with Crippen molar-refractivity contribution in [3.8, 4) is 22.8 Å². The lowest BCUT2D eigenvalue weighted by atomic mass is 10.1. The molecule has 0 saturated carbocycles. The number of hydrogen-bond acceptors (Lipinski definition) is 4. The van der Waals surface area contributed by atoms with Gasteiger partial charge < -0.3 is 14.0 Å². The second-order valence-corrected chi connectivity index (χ2v) is 10.1. The highest BCUT2D eigenvalue weighted by Crippen LogP contribution is 2.39. The first kappa shape index (κ1) is 21.8. The first-order chi connectivity index (χ1) is 14.9. The third-order valence-electron chi connectivity index (χ3n) is 5.18. The summed E-state index contributed by atoms with van der Waals surface area (Å²) in [5, 5.41) is 0.889. The van der Waals surface area contributed by atoms with Crippen molar-refractivity contribution in [2.45, 2.75) is 11.8 Å². The molecule has 2 aromatic heterocycles. The predicted molar refractivity (Wildman–Crippen MR) is 131 cm³/mol. The van der Waals surface area contributed by atoms with E-state index in [4.69, 9.17) is 9.47 Å². The molecule has 0 aliphatic rings. The van der Waals surface area contributed by atoms with Crippen molar-refractivity contribution >= 4 is 43.5 Å². The van der Waals surface area contributed by atoms with E-state index in [1.54, 1.807) is 43.6 Å². The van der Waals surface area contributed by atoms with Crippen LogP contribution in [-0.2, 0) is 17.1 Å². The van der Waals surface area contributed by atoms with Crippen LogP contribution in [0.15, 0.2) is 65.8 Å². The molecule has 0 saturated heterocycles. The average Bonchev–Trinajstić information content (AvgIpc) is 3.37. The van der Waals surface area contributed by atoms with E-state index in [0.29, 0.717) is 23.8 Å². The maximum Gasteiger partial charge on any atom is 0.268 e. The third kappa shape index (κ3) is 3.94. The largest absolute Gasteiger partial charge is 0.493 e. The van der Waals surface area contributed by atoms with E-state index in [-0.39, 0.29) is 4.90 Å². The lowest BCUT2D eigenvalue weighted by Crippen LogP contribution is -2.13. The number of fused-ring (bicyclic) bond motifs is 1. The van der Waals surface area contributed by atoms with Gasteiger partial charge in [-0.1, -0.05) is 40.3 Å². The zero-order valence-electron chi connectivity index (χ0n) is 17.5. The standard InChI is InChI=1S/C23H23IN2O4S/c1-16-6-8-17(9-7-16)31(27,28)26-11-4-5-20(26)19-15-25(2)21-14-23(30-12-10-24)22(29-3)13-18(19)21/h4-9,11,13-15H,10,12H2,1-3H3. The molecule has 4 rings (SSSR count). The summed E-state index contributed by atoms with van der Waals surface area (Å²) in [7, 11) is -0.201. The Hall–Kier alpha value is -2.46. The molecule has 8 heteroatoms. The van der Waals surface area contributed by atoms with Crippen LogP contribution in [0.2, 0.25) is 0 Å². The lowest BCUT2D eigenvalue weighted by molar-refractivity contribution is 0.316. The monoisotopic (exact) mass is 550 g/mol. The van der Waals surface area contributed by atoms with Crippen LogP contribution in [-0.4, -0.2) is 35.1 Å². The van der Waals surface area contributed by atoms with Crippen LogP contribution in [0.4, 0.5) is 0 Å². The van der Waals surface area contributed by atoms with Gasteiger partial charge in [-0.3, -0.25) is 0 Å². The minimum atomic E-state index is -3.74. The Morgan fingerprint density at radius 3 is 2.48 bits per heavy atom. The molecule has 6 nitrogen and oxygen atoms in total. The summed E-state index contributed by atoms with van der Waals surface area (Å²) in [6.07, 6.45) is 3.52. The molecule has 0 radical (unpaired) electrons. The zero-order chi connectivity index (χ0) is 22.2. The summed E-state index contributed by atoms with van der Waals surface area (Å²) >= 11 is 2.26. The highest BCUT2D eigenvalue weighted by atomic mass is 127. The van der Waals surface area contributed by atoms with Crippen LogP contribution in [0.5, 0.6) is 11.5 Å². The Labute approximate surface area is 195 Å². The van der Waals surface area contributed by atoms with E-state index >= 15 is 0 Å². The number of alkyl halides is 1. The molecule has 0 spiro atoms. The molecule has 31 heavy (non-hydrogen) atoms. The highest BCUT2D eigenvalue weighted by molar-refractivity contribution is 14.1. The number of hydrogen-bond donors (Lipinski definition) is 0. The average molecular weight is 550 g/mol. The van der Waals surface area contributed by atoms with Crippen LogP contribution in [0, 0.1) is 6.92 Å². The maximum absolute atomic E-state index is 13.3. The van der Waals surface area contributed by atoms with E-state index in [9.17, 15) is 8.42 Å². The summed E-state index contributed by atoms with van der Waals surface area (Å²) in [6, 6.07) is 14.3. The summed E-state index contributed by atoms with van der Waals surface area (Å²) < 4.78 is 42.3. The molecule has 0 amide bonds. The van der Waals surface area contributed by atoms with Crippen molar-refractivity contribution < 1.29 is 17.9 Å². The Balaban J connectivity index is 1.88. The van der Waals surface area contributed by atoms with Gasteiger partial charge in [-0.25, -0.2) is 12.4 Å². The number of aromatic nitrogens is 2. The van der Waals surface area contributed by atoms with Gasteiger partial charge in [0.1, 0.15) is 0 Å². The number of halogens is 1. The number of ether oxygens (including phenoxy) is 2. The van der Waals surface area contributed by atoms with Gasteiger partial charge in [-0.15, -0.1) is 0 Å². The summed E-state index contributed by atoms with van der Waals surface area (Å²) in [5.41, 5.74) is 3.33. The van der Waals surface area contributed by atoms with Crippen molar-refractivity contribution in [1.82, 2.24) is 8.54 Å². The number of methoxy groups -OCH3 is 1. The summed E-state index contributed by atoms with van der Waals surface area (Å²) in [4.78, 5) is 0.253. The van der Waals surface area contributed by atoms with E-state index in [1.165, 1.54) is 3.97 Å². The molecule has 0 bridgehead atoms. The number of benzene rings is 2.